The molecule has 5 heteroatoms. The van der Waals surface area contributed by atoms with Gasteiger partial charge in [0.15, 0.2) is 0 Å². The van der Waals surface area contributed by atoms with E-state index in [0.29, 0.717) is 13.2 Å². The van der Waals surface area contributed by atoms with E-state index in [2.05, 4.69) is 49.9 Å². The highest BCUT2D eigenvalue weighted by atomic mass is 32.2. The third kappa shape index (κ3) is 5.55. The van der Waals surface area contributed by atoms with Crippen molar-refractivity contribution in [3.63, 3.8) is 0 Å². The number of rotatable bonds is 10. The molecule has 0 N–H and O–H groups in total. The second-order valence-electron chi connectivity index (χ2n) is 7.15. The molecule has 0 spiro atoms. The van der Waals surface area contributed by atoms with Gasteiger partial charge in [0.25, 0.3) is 0 Å². The highest BCUT2D eigenvalue weighted by Gasteiger charge is 2.14. The lowest BCUT2D eigenvalue weighted by atomic mass is 10.0. The largest absolute Gasteiger partial charge is 0.490 e. The van der Waals surface area contributed by atoms with E-state index in [-0.39, 0.29) is 12.2 Å². The van der Waals surface area contributed by atoms with Crippen LogP contribution in [0.15, 0.2) is 66.1 Å². The normalized spacial score (nSPS) is 13.2. The Morgan fingerprint density at radius 2 is 1.80 bits per heavy atom. The topological polar surface area (TPSA) is 44.8 Å². The van der Waals surface area contributed by atoms with Gasteiger partial charge in [0.05, 0.1) is 12.7 Å². The fourth-order valence-corrected chi connectivity index (χ4v) is 3.94. The van der Waals surface area contributed by atoms with Crippen LogP contribution in [0.5, 0.6) is 5.75 Å². The maximum atomic E-state index is 11.3. The van der Waals surface area contributed by atoms with E-state index in [4.69, 9.17) is 14.2 Å². The molecule has 158 valence electrons. The molecule has 3 aromatic rings. The second kappa shape index (κ2) is 10.5. The summed E-state index contributed by atoms with van der Waals surface area (Å²) in [7, 11) is 0. The summed E-state index contributed by atoms with van der Waals surface area (Å²) in [5.74, 6) is 1.45. The molecular formula is C25H28O4S. The number of fused-ring (bicyclic) bond motifs is 2. The molecule has 0 bridgehead atoms. The SMILES string of the molecule is C=CC(=O)OC(C)COC(C)COc1c2ccccc2cc2ccc(SCC)cc12. The number of ether oxygens (including phenoxy) is 3. The molecule has 0 saturated carbocycles. The molecular weight excluding hydrogens is 396 g/mol. The van der Waals surface area contributed by atoms with Gasteiger partial charge in [0, 0.05) is 21.7 Å². The van der Waals surface area contributed by atoms with Gasteiger partial charge in [-0.05, 0) is 48.6 Å². The van der Waals surface area contributed by atoms with Crippen LogP contribution in [0.1, 0.15) is 20.8 Å². The van der Waals surface area contributed by atoms with Crippen LogP contribution in [-0.2, 0) is 14.3 Å². The molecule has 0 fully saturated rings. The summed E-state index contributed by atoms with van der Waals surface area (Å²) in [6, 6.07) is 17.0. The Hall–Kier alpha value is -2.50. The Kier molecular flexibility index (Phi) is 7.77. The summed E-state index contributed by atoms with van der Waals surface area (Å²) < 4.78 is 17.3. The van der Waals surface area contributed by atoms with Crippen molar-refractivity contribution in [2.24, 2.45) is 0 Å². The zero-order valence-corrected chi connectivity index (χ0v) is 18.5. The van der Waals surface area contributed by atoms with Gasteiger partial charge < -0.3 is 14.2 Å². The molecule has 0 amide bonds. The van der Waals surface area contributed by atoms with Crippen molar-refractivity contribution < 1.29 is 19.0 Å². The van der Waals surface area contributed by atoms with E-state index >= 15 is 0 Å². The molecule has 3 rings (SSSR count). The Bertz CT molecular complexity index is 1030. The predicted octanol–water partition coefficient (Wildman–Crippen LogP) is 6.01. The lowest BCUT2D eigenvalue weighted by molar-refractivity contribution is -0.146. The standard InChI is InChI=1S/C25H28O4S/c1-5-24(26)29-18(4)16-27-17(3)15-28-25-22-10-8-7-9-19(22)13-20-11-12-21(30-6-2)14-23(20)25/h5,7-14,17-18H,1,6,15-16H2,2-4H3. The molecule has 4 nitrogen and oxygen atoms in total. The van der Waals surface area contributed by atoms with E-state index in [1.165, 1.54) is 4.90 Å². The highest BCUT2D eigenvalue weighted by Crippen LogP contribution is 2.37. The fraction of sp³-hybridized carbons (Fsp3) is 0.320. The van der Waals surface area contributed by atoms with Gasteiger partial charge in [-0.1, -0.05) is 43.8 Å². The van der Waals surface area contributed by atoms with E-state index in [9.17, 15) is 4.79 Å². The number of carbonyl (C=O) groups is 1. The third-order valence-electron chi connectivity index (χ3n) is 4.66. The van der Waals surface area contributed by atoms with Crippen LogP contribution in [0.4, 0.5) is 0 Å². The Morgan fingerprint density at radius 3 is 2.57 bits per heavy atom. The van der Waals surface area contributed by atoms with E-state index < -0.39 is 5.97 Å². The van der Waals surface area contributed by atoms with Gasteiger partial charge in [-0.3, -0.25) is 0 Å². The van der Waals surface area contributed by atoms with Crippen LogP contribution in [0.3, 0.4) is 0 Å². The Morgan fingerprint density at radius 1 is 1.03 bits per heavy atom. The number of carbonyl (C=O) groups excluding carboxylic acids is 1. The van der Waals surface area contributed by atoms with Crippen LogP contribution >= 0.6 is 11.8 Å². The van der Waals surface area contributed by atoms with Crippen LogP contribution in [0, 0.1) is 0 Å². The van der Waals surface area contributed by atoms with Gasteiger partial charge in [0.2, 0.25) is 0 Å². The highest BCUT2D eigenvalue weighted by molar-refractivity contribution is 7.99. The Labute approximate surface area is 182 Å². The molecule has 2 unspecified atom stereocenters. The van der Waals surface area contributed by atoms with Crippen molar-refractivity contribution in [3.8, 4) is 5.75 Å². The summed E-state index contributed by atoms with van der Waals surface area (Å²) in [6.45, 7) is 10.0. The first-order valence-corrected chi connectivity index (χ1v) is 11.2. The van der Waals surface area contributed by atoms with Crippen molar-refractivity contribution in [3.05, 3.63) is 61.2 Å². The second-order valence-corrected chi connectivity index (χ2v) is 8.49. The zero-order chi connectivity index (χ0) is 21.5. The lowest BCUT2D eigenvalue weighted by Gasteiger charge is -2.19. The minimum Gasteiger partial charge on any atom is -0.490 e. The van der Waals surface area contributed by atoms with Crippen molar-refractivity contribution in [2.45, 2.75) is 37.9 Å². The molecule has 0 heterocycles. The van der Waals surface area contributed by atoms with Crippen molar-refractivity contribution in [1.82, 2.24) is 0 Å². The molecule has 0 saturated heterocycles. The molecule has 2 atom stereocenters. The minimum atomic E-state index is -0.446. The van der Waals surface area contributed by atoms with Crippen LogP contribution in [0.2, 0.25) is 0 Å². The van der Waals surface area contributed by atoms with Gasteiger partial charge >= 0.3 is 5.97 Å². The van der Waals surface area contributed by atoms with E-state index in [1.807, 2.05) is 30.8 Å². The number of hydrogen-bond donors (Lipinski definition) is 0. The van der Waals surface area contributed by atoms with Gasteiger partial charge in [0.1, 0.15) is 18.5 Å². The van der Waals surface area contributed by atoms with Crippen molar-refractivity contribution in [1.29, 1.82) is 0 Å². The van der Waals surface area contributed by atoms with Crippen LogP contribution in [-0.4, -0.2) is 37.1 Å². The monoisotopic (exact) mass is 424 g/mol. The maximum absolute atomic E-state index is 11.3. The first-order valence-electron chi connectivity index (χ1n) is 10.2. The molecule has 0 aromatic heterocycles. The number of thioether (sulfide) groups is 1. The molecule has 3 aromatic carbocycles. The molecule has 0 aliphatic rings. The number of esters is 1. The van der Waals surface area contributed by atoms with Gasteiger partial charge in [-0.25, -0.2) is 4.79 Å². The fourth-order valence-electron chi connectivity index (χ4n) is 3.24. The van der Waals surface area contributed by atoms with Crippen LogP contribution in [0.25, 0.3) is 21.5 Å². The van der Waals surface area contributed by atoms with Crippen LogP contribution < -0.4 is 4.74 Å². The number of benzene rings is 3. The third-order valence-corrected chi connectivity index (χ3v) is 5.53. The van der Waals surface area contributed by atoms with Gasteiger partial charge in [-0.2, -0.15) is 0 Å². The average molecular weight is 425 g/mol. The van der Waals surface area contributed by atoms with Gasteiger partial charge in [-0.15, -0.1) is 11.8 Å². The first-order chi connectivity index (χ1) is 14.5. The molecule has 0 aliphatic carbocycles. The Balaban J connectivity index is 1.78. The maximum Gasteiger partial charge on any atom is 0.330 e. The number of hydrogen-bond acceptors (Lipinski definition) is 5. The summed E-state index contributed by atoms with van der Waals surface area (Å²) in [6.07, 6.45) is 0.654. The summed E-state index contributed by atoms with van der Waals surface area (Å²) in [4.78, 5) is 12.5. The average Bonchev–Trinajstić information content (AvgIpc) is 2.75. The molecule has 30 heavy (non-hydrogen) atoms. The zero-order valence-electron chi connectivity index (χ0n) is 17.7. The summed E-state index contributed by atoms with van der Waals surface area (Å²) in [5.41, 5.74) is 0. The predicted molar refractivity (Wildman–Crippen MR) is 125 cm³/mol. The van der Waals surface area contributed by atoms with Crippen molar-refractivity contribution >= 4 is 39.3 Å². The quantitative estimate of drug-likeness (QED) is 0.173. The minimum absolute atomic E-state index is 0.155. The van der Waals surface area contributed by atoms with Crippen molar-refractivity contribution in [2.75, 3.05) is 19.0 Å². The molecule has 0 radical (unpaired) electrons. The first kappa shape index (κ1) is 22.2. The summed E-state index contributed by atoms with van der Waals surface area (Å²) >= 11 is 1.82. The summed E-state index contributed by atoms with van der Waals surface area (Å²) in [5, 5.41) is 4.49. The molecule has 0 aliphatic heterocycles. The van der Waals surface area contributed by atoms with E-state index in [0.717, 1.165) is 39.1 Å². The lowest BCUT2D eigenvalue weighted by Crippen LogP contribution is -2.25. The van der Waals surface area contributed by atoms with E-state index in [1.54, 1.807) is 6.92 Å². The smallest absolute Gasteiger partial charge is 0.330 e.